The van der Waals surface area contributed by atoms with Crippen molar-refractivity contribution < 1.29 is 9.00 Å². The molecule has 0 spiro atoms. The third kappa shape index (κ3) is 4.52. The number of rotatable bonds is 5. The lowest BCUT2D eigenvalue weighted by atomic mass is 10.1. The largest absolute Gasteiger partial charge is 0.370 e. The minimum absolute atomic E-state index is 0.0658. The summed E-state index contributed by atoms with van der Waals surface area (Å²) in [6.07, 6.45) is 2.39. The second-order valence-electron chi connectivity index (χ2n) is 5.21. The smallest absolute Gasteiger partial charge is 0.251 e. The first kappa shape index (κ1) is 15.9. The molecule has 1 amide bonds. The van der Waals surface area contributed by atoms with E-state index in [1.807, 2.05) is 19.9 Å². The number of aromatic nitrogens is 1. The molecule has 0 aliphatic carbocycles. The molecule has 21 heavy (non-hydrogen) atoms. The fourth-order valence-electron chi connectivity index (χ4n) is 2.38. The SMILES string of the molecule is CCNc1cc(C(=O)NC2CCS(=O)CC2)cc(CC)n1. The van der Waals surface area contributed by atoms with Crippen LogP contribution in [0, 0.1) is 0 Å². The van der Waals surface area contributed by atoms with E-state index >= 15 is 0 Å². The Labute approximate surface area is 128 Å². The van der Waals surface area contributed by atoms with Crippen molar-refractivity contribution in [1.82, 2.24) is 10.3 Å². The zero-order valence-corrected chi connectivity index (χ0v) is 13.5. The standard InChI is InChI=1S/C15H23N3O2S/c1-3-12-9-11(10-14(17-12)16-4-2)15(19)18-13-5-7-21(20)8-6-13/h9-10,13H,3-8H2,1-2H3,(H,16,17)(H,18,19). The van der Waals surface area contributed by atoms with Gasteiger partial charge in [0, 0.05) is 46.1 Å². The molecule has 6 heteroatoms. The molecular weight excluding hydrogens is 286 g/mol. The highest BCUT2D eigenvalue weighted by Gasteiger charge is 2.20. The summed E-state index contributed by atoms with van der Waals surface area (Å²) in [6, 6.07) is 3.77. The Morgan fingerprint density at radius 1 is 1.33 bits per heavy atom. The van der Waals surface area contributed by atoms with Gasteiger partial charge in [0.15, 0.2) is 0 Å². The Morgan fingerprint density at radius 3 is 2.67 bits per heavy atom. The molecule has 0 unspecified atom stereocenters. The number of nitrogens with zero attached hydrogens (tertiary/aromatic N) is 1. The topological polar surface area (TPSA) is 71.1 Å². The van der Waals surface area contributed by atoms with Crippen molar-refractivity contribution in [3.8, 4) is 0 Å². The minimum Gasteiger partial charge on any atom is -0.370 e. The summed E-state index contributed by atoms with van der Waals surface area (Å²) in [7, 11) is -0.703. The highest BCUT2D eigenvalue weighted by atomic mass is 32.2. The van der Waals surface area contributed by atoms with Gasteiger partial charge in [0.2, 0.25) is 0 Å². The molecule has 1 saturated heterocycles. The van der Waals surface area contributed by atoms with Crippen LogP contribution in [-0.4, -0.2) is 39.2 Å². The number of hydrogen-bond donors (Lipinski definition) is 2. The number of pyridine rings is 1. The summed E-state index contributed by atoms with van der Waals surface area (Å²) < 4.78 is 11.3. The molecule has 0 aromatic carbocycles. The van der Waals surface area contributed by atoms with Gasteiger partial charge < -0.3 is 10.6 Å². The van der Waals surface area contributed by atoms with Gasteiger partial charge in [-0.25, -0.2) is 4.98 Å². The monoisotopic (exact) mass is 309 g/mol. The van der Waals surface area contributed by atoms with Crippen LogP contribution in [0.15, 0.2) is 12.1 Å². The van der Waals surface area contributed by atoms with E-state index in [-0.39, 0.29) is 11.9 Å². The van der Waals surface area contributed by atoms with Crippen molar-refractivity contribution in [2.45, 2.75) is 39.2 Å². The van der Waals surface area contributed by atoms with E-state index in [4.69, 9.17) is 0 Å². The number of nitrogens with one attached hydrogen (secondary N) is 2. The summed E-state index contributed by atoms with van der Waals surface area (Å²) in [5.41, 5.74) is 1.55. The van der Waals surface area contributed by atoms with E-state index in [0.29, 0.717) is 17.1 Å². The second-order valence-corrected chi connectivity index (χ2v) is 6.91. The van der Waals surface area contributed by atoms with Crippen LogP contribution in [0.4, 0.5) is 5.82 Å². The number of aryl methyl sites for hydroxylation is 1. The lowest BCUT2D eigenvalue weighted by Gasteiger charge is -2.22. The maximum atomic E-state index is 12.4. The van der Waals surface area contributed by atoms with Crippen molar-refractivity contribution >= 4 is 22.5 Å². The number of amides is 1. The molecule has 0 radical (unpaired) electrons. The highest BCUT2D eigenvalue weighted by Crippen LogP contribution is 2.14. The van der Waals surface area contributed by atoms with E-state index in [9.17, 15) is 9.00 Å². The van der Waals surface area contributed by atoms with Gasteiger partial charge in [0.1, 0.15) is 5.82 Å². The Hall–Kier alpha value is -1.43. The van der Waals surface area contributed by atoms with Gasteiger partial charge in [0.25, 0.3) is 5.91 Å². The van der Waals surface area contributed by atoms with E-state index in [2.05, 4.69) is 15.6 Å². The molecule has 1 fully saturated rings. The first-order chi connectivity index (χ1) is 10.1. The molecule has 2 rings (SSSR count). The lowest BCUT2D eigenvalue weighted by Crippen LogP contribution is -2.39. The predicted octanol–water partition coefficient (Wildman–Crippen LogP) is 1.72. The van der Waals surface area contributed by atoms with Crippen LogP contribution < -0.4 is 10.6 Å². The summed E-state index contributed by atoms with van der Waals surface area (Å²) in [5.74, 6) is 2.05. The Balaban J connectivity index is 2.07. The molecule has 2 heterocycles. The van der Waals surface area contributed by atoms with Crippen LogP contribution >= 0.6 is 0 Å². The van der Waals surface area contributed by atoms with Crippen molar-refractivity contribution in [1.29, 1.82) is 0 Å². The highest BCUT2D eigenvalue weighted by molar-refractivity contribution is 7.85. The molecule has 0 saturated carbocycles. The fourth-order valence-corrected chi connectivity index (χ4v) is 3.68. The molecule has 0 atom stereocenters. The third-order valence-electron chi connectivity index (χ3n) is 3.58. The first-order valence-electron chi connectivity index (χ1n) is 7.53. The van der Waals surface area contributed by atoms with Crippen molar-refractivity contribution in [3.05, 3.63) is 23.4 Å². The summed E-state index contributed by atoms with van der Waals surface area (Å²) in [5, 5.41) is 6.20. The molecule has 1 aromatic heterocycles. The zero-order chi connectivity index (χ0) is 15.2. The van der Waals surface area contributed by atoms with Gasteiger partial charge in [-0.1, -0.05) is 6.92 Å². The Kier molecular flexibility index (Phi) is 5.73. The molecule has 5 nitrogen and oxygen atoms in total. The van der Waals surface area contributed by atoms with Gasteiger partial charge in [-0.2, -0.15) is 0 Å². The van der Waals surface area contributed by atoms with Crippen molar-refractivity contribution in [3.63, 3.8) is 0 Å². The van der Waals surface area contributed by atoms with Crippen LogP contribution in [0.5, 0.6) is 0 Å². The Morgan fingerprint density at radius 2 is 2.05 bits per heavy atom. The van der Waals surface area contributed by atoms with Crippen LogP contribution in [0.2, 0.25) is 0 Å². The summed E-state index contributed by atoms with van der Waals surface area (Å²) >= 11 is 0. The molecule has 116 valence electrons. The molecule has 1 aromatic rings. The van der Waals surface area contributed by atoms with Crippen molar-refractivity contribution in [2.24, 2.45) is 0 Å². The van der Waals surface area contributed by atoms with E-state index in [1.165, 1.54) is 0 Å². The van der Waals surface area contributed by atoms with Gasteiger partial charge in [-0.3, -0.25) is 9.00 Å². The number of carbonyl (C=O) groups is 1. The quantitative estimate of drug-likeness (QED) is 0.869. The lowest BCUT2D eigenvalue weighted by molar-refractivity contribution is 0.0934. The van der Waals surface area contributed by atoms with Crippen molar-refractivity contribution in [2.75, 3.05) is 23.4 Å². The van der Waals surface area contributed by atoms with Crippen LogP contribution in [-0.2, 0) is 17.2 Å². The van der Waals surface area contributed by atoms with Gasteiger partial charge >= 0.3 is 0 Å². The first-order valence-corrected chi connectivity index (χ1v) is 9.01. The normalized spacial score (nSPS) is 21.8. The third-order valence-corrected chi connectivity index (χ3v) is 4.97. The number of hydrogen-bond acceptors (Lipinski definition) is 4. The van der Waals surface area contributed by atoms with Gasteiger partial charge in [0.05, 0.1) is 0 Å². The molecule has 2 N–H and O–H groups in total. The predicted molar refractivity (Wildman–Crippen MR) is 86.1 cm³/mol. The number of carbonyl (C=O) groups excluding carboxylic acids is 1. The Bertz CT molecular complexity index is 524. The van der Waals surface area contributed by atoms with E-state index in [1.54, 1.807) is 6.07 Å². The average Bonchev–Trinajstić information content (AvgIpc) is 2.49. The maximum absolute atomic E-state index is 12.4. The number of anilines is 1. The fraction of sp³-hybridized carbons (Fsp3) is 0.600. The van der Waals surface area contributed by atoms with E-state index in [0.717, 1.165) is 37.3 Å². The summed E-state index contributed by atoms with van der Waals surface area (Å²) in [6.45, 7) is 4.80. The van der Waals surface area contributed by atoms with Crippen LogP contribution in [0.3, 0.4) is 0 Å². The van der Waals surface area contributed by atoms with E-state index < -0.39 is 10.8 Å². The molecule has 0 bridgehead atoms. The van der Waals surface area contributed by atoms with Crippen LogP contribution in [0.25, 0.3) is 0 Å². The average molecular weight is 309 g/mol. The molecular formula is C15H23N3O2S. The van der Waals surface area contributed by atoms with Gasteiger partial charge in [-0.15, -0.1) is 0 Å². The van der Waals surface area contributed by atoms with Gasteiger partial charge in [-0.05, 0) is 38.3 Å². The summed E-state index contributed by atoms with van der Waals surface area (Å²) in [4.78, 5) is 16.8. The van der Waals surface area contributed by atoms with Crippen LogP contribution in [0.1, 0.15) is 42.7 Å². The molecule has 1 aliphatic heterocycles. The maximum Gasteiger partial charge on any atom is 0.251 e. The minimum atomic E-state index is -0.703. The zero-order valence-electron chi connectivity index (χ0n) is 12.6. The molecule has 1 aliphatic rings. The second kappa shape index (κ2) is 7.54.